The number of benzene rings is 1. The van der Waals surface area contributed by atoms with Gasteiger partial charge < -0.3 is 24.4 Å². The van der Waals surface area contributed by atoms with Crippen molar-refractivity contribution >= 4 is 23.1 Å². The quantitative estimate of drug-likeness (QED) is 0.714. The van der Waals surface area contributed by atoms with Crippen molar-refractivity contribution in [3.63, 3.8) is 0 Å². The standard InChI is InChI=1S/C26H33N3O4/c1-16(2)32-20-8-11-24(31-15-20)26(30)29-14-19-5-4-12-27-25(19)28-21-9-7-18(13-22(21)29)23-10-6-17(3)33-23/h4-5,7,9,12-13,16-17,20,23-24H,6,8,10-11,14-15H2,1-3H3,(H,27,28)/t17-,20+,23-,24-/m1/s1. The highest BCUT2D eigenvalue weighted by Crippen LogP contribution is 2.40. The number of hydrogen-bond donors (Lipinski definition) is 1. The fourth-order valence-electron chi connectivity index (χ4n) is 4.97. The van der Waals surface area contributed by atoms with Gasteiger partial charge in [0.05, 0.1) is 48.9 Å². The van der Waals surface area contributed by atoms with Gasteiger partial charge in [0, 0.05) is 11.8 Å². The number of ether oxygens (including phenoxy) is 3. The molecule has 0 radical (unpaired) electrons. The van der Waals surface area contributed by atoms with Crippen molar-refractivity contribution in [1.29, 1.82) is 0 Å². The molecule has 176 valence electrons. The van der Waals surface area contributed by atoms with Gasteiger partial charge in [-0.05, 0) is 70.2 Å². The molecule has 1 aromatic heterocycles. The second-order valence-corrected chi connectivity index (χ2v) is 9.56. The molecule has 1 amide bonds. The molecular formula is C26H33N3O4. The molecule has 3 aliphatic heterocycles. The van der Waals surface area contributed by atoms with Crippen LogP contribution in [0.4, 0.5) is 17.2 Å². The number of hydrogen-bond acceptors (Lipinski definition) is 6. The Balaban J connectivity index is 1.44. The van der Waals surface area contributed by atoms with E-state index in [4.69, 9.17) is 14.2 Å². The smallest absolute Gasteiger partial charge is 0.256 e. The van der Waals surface area contributed by atoms with Crippen molar-refractivity contribution in [1.82, 2.24) is 4.98 Å². The number of rotatable bonds is 4. The van der Waals surface area contributed by atoms with Crippen LogP contribution in [0.3, 0.4) is 0 Å². The van der Waals surface area contributed by atoms with Crippen LogP contribution < -0.4 is 10.2 Å². The highest BCUT2D eigenvalue weighted by atomic mass is 16.5. The number of nitrogens with one attached hydrogen (secondary N) is 1. The first kappa shape index (κ1) is 22.3. The van der Waals surface area contributed by atoms with Crippen molar-refractivity contribution in [2.75, 3.05) is 16.8 Å². The van der Waals surface area contributed by atoms with Crippen LogP contribution in [0, 0.1) is 0 Å². The highest BCUT2D eigenvalue weighted by molar-refractivity contribution is 6.01. The number of fused-ring (bicyclic) bond motifs is 2. The first-order chi connectivity index (χ1) is 16.0. The molecule has 0 saturated carbocycles. The second-order valence-electron chi connectivity index (χ2n) is 9.56. The van der Waals surface area contributed by atoms with E-state index in [0.29, 0.717) is 19.6 Å². The lowest BCUT2D eigenvalue weighted by Crippen LogP contribution is -2.44. The van der Waals surface area contributed by atoms with E-state index in [1.165, 1.54) is 0 Å². The Hall–Kier alpha value is -2.48. The normalized spacial score (nSPS) is 27.0. The van der Waals surface area contributed by atoms with E-state index in [-0.39, 0.29) is 30.3 Å². The molecule has 1 aromatic carbocycles. The van der Waals surface area contributed by atoms with Gasteiger partial charge in [-0.25, -0.2) is 4.98 Å². The molecule has 0 spiro atoms. The van der Waals surface area contributed by atoms with Crippen molar-refractivity contribution in [3.8, 4) is 0 Å². The van der Waals surface area contributed by atoms with Crippen LogP contribution in [0.25, 0.3) is 0 Å². The first-order valence-corrected chi connectivity index (χ1v) is 12.1. The SMILES string of the molecule is CC(C)O[C@H]1CC[C@H](C(=O)N2Cc3cccnc3Nc3ccc([C@H]4CC[C@@H](C)O4)cc32)OC1. The van der Waals surface area contributed by atoms with Crippen LogP contribution in [0.2, 0.25) is 0 Å². The van der Waals surface area contributed by atoms with Gasteiger partial charge in [0.15, 0.2) is 0 Å². The Kier molecular flexibility index (Phi) is 6.36. The zero-order valence-corrected chi connectivity index (χ0v) is 19.6. The summed E-state index contributed by atoms with van der Waals surface area (Å²) in [4.78, 5) is 20.1. The summed E-state index contributed by atoms with van der Waals surface area (Å²) >= 11 is 0. The van der Waals surface area contributed by atoms with Crippen LogP contribution >= 0.6 is 0 Å². The Bertz CT molecular complexity index is 1000. The molecule has 5 rings (SSSR count). The molecule has 7 nitrogen and oxygen atoms in total. The van der Waals surface area contributed by atoms with E-state index in [1.807, 2.05) is 36.9 Å². The minimum absolute atomic E-state index is 0.0180. The van der Waals surface area contributed by atoms with Gasteiger partial charge in [0.1, 0.15) is 11.9 Å². The van der Waals surface area contributed by atoms with Gasteiger partial charge in [0.25, 0.3) is 5.91 Å². The van der Waals surface area contributed by atoms with Crippen LogP contribution in [0.5, 0.6) is 0 Å². The van der Waals surface area contributed by atoms with Crippen molar-refractivity contribution in [3.05, 3.63) is 47.7 Å². The molecule has 0 bridgehead atoms. The summed E-state index contributed by atoms with van der Waals surface area (Å²) in [7, 11) is 0. The zero-order chi connectivity index (χ0) is 22.9. The largest absolute Gasteiger partial charge is 0.373 e. The Morgan fingerprint density at radius 3 is 2.82 bits per heavy atom. The minimum atomic E-state index is -0.477. The summed E-state index contributed by atoms with van der Waals surface area (Å²) in [5.41, 5.74) is 3.80. The predicted molar refractivity (Wildman–Crippen MR) is 127 cm³/mol. The molecule has 7 heteroatoms. The summed E-state index contributed by atoms with van der Waals surface area (Å²) < 4.78 is 18.0. The molecule has 1 N–H and O–H groups in total. The molecule has 33 heavy (non-hydrogen) atoms. The average Bonchev–Trinajstić information content (AvgIpc) is 3.17. The number of carbonyl (C=O) groups excluding carboxylic acids is 1. The molecule has 4 atom stereocenters. The maximum atomic E-state index is 13.8. The molecule has 3 aliphatic rings. The van der Waals surface area contributed by atoms with Gasteiger partial charge in [-0.2, -0.15) is 0 Å². The molecule has 2 aromatic rings. The summed E-state index contributed by atoms with van der Waals surface area (Å²) in [5.74, 6) is 0.762. The average molecular weight is 452 g/mol. The predicted octanol–water partition coefficient (Wildman–Crippen LogP) is 4.88. The summed E-state index contributed by atoms with van der Waals surface area (Å²) in [6, 6.07) is 10.1. The van der Waals surface area contributed by atoms with E-state index in [9.17, 15) is 4.79 Å². The van der Waals surface area contributed by atoms with Crippen LogP contribution in [-0.4, -0.2) is 41.9 Å². The minimum Gasteiger partial charge on any atom is -0.373 e. The molecule has 0 aliphatic carbocycles. The van der Waals surface area contributed by atoms with Gasteiger partial charge in [-0.15, -0.1) is 0 Å². The third-order valence-corrected chi connectivity index (χ3v) is 6.63. The lowest BCUT2D eigenvalue weighted by molar-refractivity contribution is -0.143. The highest BCUT2D eigenvalue weighted by Gasteiger charge is 2.35. The van der Waals surface area contributed by atoms with Crippen LogP contribution in [0.15, 0.2) is 36.5 Å². The van der Waals surface area contributed by atoms with Crippen LogP contribution in [-0.2, 0) is 25.5 Å². The fourth-order valence-corrected chi connectivity index (χ4v) is 4.97. The summed E-state index contributed by atoms with van der Waals surface area (Å²) in [6.45, 7) is 7.05. The monoisotopic (exact) mass is 451 g/mol. The van der Waals surface area contributed by atoms with Crippen molar-refractivity contribution in [2.45, 2.75) is 83.5 Å². The Morgan fingerprint density at radius 2 is 2.09 bits per heavy atom. The van der Waals surface area contributed by atoms with Crippen molar-refractivity contribution < 1.29 is 19.0 Å². The maximum absolute atomic E-state index is 13.8. The first-order valence-electron chi connectivity index (χ1n) is 12.1. The summed E-state index contributed by atoms with van der Waals surface area (Å²) in [6.07, 6.45) is 5.32. The van der Waals surface area contributed by atoms with Crippen molar-refractivity contribution in [2.24, 2.45) is 0 Å². The lowest BCUT2D eigenvalue weighted by Gasteiger charge is -2.33. The zero-order valence-electron chi connectivity index (χ0n) is 19.6. The number of nitrogens with zero attached hydrogens (tertiary/aromatic N) is 2. The van der Waals surface area contributed by atoms with E-state index < -0.39 is 6.10 Å². The molecule has 0 unspecified atom stereocenters. The summed E-state index contributed by atoms with van der Waals surface area (Å²) in [5, 5.41) is 3.44. The number of carbonyl (C=O) groups is 1. The third-order valence-electron chi connectivity index (χ3n) is 6.63. The molecular weight excluding hydrogens is 418 g/mol. The molecule has 2 saturated heterocycles. The maximum Gasteiger partial charge on any atom is 0.256 e. The number of anilines is 3. The van der Waals surface area contributed by atoms with Gasteiger partial charge in [-0.1, -0.05) is 12.1 Å². The van der Waals surface area contributed by atoms with E-state index >= 15 is 0 Å². The van der Waals surface area contributed by atoms with Gasteiger partial charge >= 0.3 is 0 Å². The Morgan fingerprint density at radius 1 is 1.21 bits per heavy atom. The number of pyridine rings is 1. The number of aromatic nitrogens is 1. The lowest BCUT2D eigenvalue weighted by atomic mass is 10.0. The second kappa shape index (κ2) is 9.41. The molecule has 4 heterocycles. The number of amides is 1. The topological polar surface area (TPSA) is 72.9 Å². The Labute approximate surface area is 195 Å². The van der Waals surface area contributed by atoms with Crippen LogP contribution in [0.1, 0.15) is 63.7 Å². The van der Waals surface area contributed by atoms with E-state index in [0.717, 1.165) is 47.6 Å². The van der Waals surface area contributed by atoms with Gasteiger partial charge in [0.2, 0.25) is 0 Å². The van der Waals surface area contributed by atoms with Gasteiger partial charge in [-0.3, -0.25) is 4.79 Å². The third kappa shape index (κ3) is 4.76. The van der Waals surface area contributed by atoms with E-state index in [1.54, 1.807) is 6.20 Å². The molecule has 2 fully saturated rings. The fraction of sp³-hybridized carbons (Fsp3) is 0.538. The van der Waals surface area contributed by atoms with E-state index in [2.05, 4.69) is 29.4 Å².